The summed E-state index contributed by atoms with van der Waals surface area (Å²) in [7, 11) is 1.74. The van der Waals surface area contributed by atoms with E-state index in [2.05, 4.69) is 10.6 Å². The van der Waals surface area contributed by atoms with Crippen molar-refractivity contribution in [2.45, 2.75) is 26.1 Å². The van der Waals surface area contributed by atoms with Crippen LogP contribution in [0.1, 0.15) is 19.4 Å². The first-order valence-corrected chi connectivity index (χ1v) is 6.99. The second-order valence-corrected chi connectivity index (χ2v) is 5.17. The zero-order valence-corrected chi connectivity index (χ0v) is 14.1. The second kappa shape index (κ2) is 9.62. The summed E-state index contributed by atoms with van der Waals surface area (Å²) < 4.78 is 43.7. The number of carbonyl (C=O) groups excluding carboxylic acids is 1. The largest absolute Gasteiger partial charge is 0.491 e. The van der Waals surface area contributed by atoms with Gasteiger partial charge in [0.25, 0.3) is 0 Å². The summed E-state index contributed by atoms with van der Waals surface area (Å²) in [6.45, 7) is 3.93. The van der Waals surface area contributed by atoms with Crippen molar-refractivity contribution in [1.29, 1.82) is 0 Å². The van der Waals surface area contributed by atoms with Crippen molar-refractivity contribution >= 4 is 18.3 Å². The maximum atomic E-state index is 12.8. The highest BCUT2D eigenvalue weighted by Gasteiger charge is 2.34. The molecule has 2 N–H and O–H groups in total. The number of rotatable bonds is 7. The Kier molecular flexibility index (Phi) is 9.01. The van der Waals surface area contributed by atoms with Gasteiger partial charge in [0.2, 0.25) is 5.91 Å². The van der Waals surface area contributed by atoms with Crippen LogP contribution in [0, 0.1) is 5.92 Å². The molecule has 1 rings (SSSR count). The van der Waals surface area contributed by atoms with Crippen molar-refractivity contribution in [1.82, 2.24) is 10.6 Å². The minimum Gasteiger partial charge on any atom is -0.491 e. The van der Waals surface area contributed by atoms with Gasteiger partial charge in [-0.2, -0.15) is 13.2 Å². The summed E-state index contributed by atoms with van der Waals surface area (Å²) in [6, 6.07) is 4.62. The minimum absolute atomic E-state index is 0. The predicted octanol–water partition coefficient (Wildman–Crippen LogP) is 2.87. The minimum atomic E-state index is -4.47. The lowest BCUT2D eigenvalue weighted by Crippen LogP contribution is -2.42. The molecule has 1 aromatic carbocycles. The summed E-state index contributed by atoms with van der Waals surface area (Å²) in [4.78, 5) is 11.8. The lowest BCUT2D eigenvalue weighted by molar-refractivity contribution is -0.139. The number of para-hydroxylation sites is 1. The van der Waals surface area contributed by atoms with E-state index in [0.717, 1.165) is 6.07 Å². The number of hydrogen-bond donors (Lipinski definition) is 2. The highest BCUT2D eigenvalue weighted by Crippen LogP contribution is 2.35. The topological polar surface area (TPSA) is 50.4 Å². The van der Waals surface area contributed by atoms with Crippen molar-refractivity contribution in [3.8, 4) is 5.75 Å². The van der Waals surface area contributed by atoms with Crippen LogP contribution in [0.4, 0.5) is 13.2 Å². The van der Waals surface area contributed by atoms with Gasteiger partial charge in [0.05, 0.1) is 11.6 Å². The molecule has 1 aromatic rings. The van der Waals surface area contributed by atoms with Gasteiger partial charge in [-0.3, -0.25) is 4.79 Å². The van der Waals surface area contributed by atoms with E-state index in [4.69, 9.17) is 4.74 Å². The van der Waals surface area contributed by atoms with E-state index in [0.29, 0.717) is 6.54 Å². The summed E-state index contributed by atoms with van der Waals surface area (Å²) >= 11 is 0. The van der Waals surface area contributed by atoms with E-state index in [1.54, 1.807) is 20.9 Å². The van der Waals surface area contributed by atoms with Gasteiger partial charge in [0.15, 0.2) is 0 Å². The van der Waals surface area contributed by atoms with Crippen LogP contribution >= 0.6 is 12.4 Å². The number of hydrogen-bond acceptors (Lipinski definition) is 3. The van der Waals surface area contributed by atoms with Crippen molar-refractivity contribution < 1.29 is 22.7 Å². The number of amides is 1. The van der Waals surface area contributed by atoms with E-state index >= 15 is 0 Å². The molecule has 2 unspecified atom stereocenters. The summed E-state index contributed by atoms with van der Waals surface area (Å²) in [5.74, 6) is -0.635. The number of nitrogens with one attached hydrogen (secondary N) is 2. The van der Waals surface area contributed by atoms with E-state index in [-0.39, 0.29) is 36.6 Å². The van der Waals surface area contributed by atoms with Crippen LogP contribution in [0.2, 0.25) is 0 Å². The predicted molar refractivity (Wildman–Crippen MR) is 84.9 cm³/mol. The van der Waals surface area contributed by atoms with Crippen LogP contribution in [0.5, 0.6) is 5.75 Å². The number of benzene rings is 1. The van der Waals surface area contributed by atoms with E-state index in [9.17, 15) is 18.0 Å². The summed E-state index contributed by atoms with van der Waals surface area (Å²) in [5, 5.41) is 5.59. The van der Waals surface area contributed by atoms with Gasteiger partial charge in [-0.05, 0) is 26.1 Å². The van der Waals surface area contributed by atoms with Crippen LogP contribution in [0.15, 0.2) is 24.3 Å². The van der Waals surface area contributed by atoms with Gasteiger partial charge in [0, 0.05) is 12.5 Å². The SMILES string of the molecule is CNCC(C)C(=O)NC(C)COc1ccccc1C(F)(F)F.Cl. The van der Waals surface area contributed by atoms with Crippen molar-refractivity contribution in [3.63, 3.8) is 0 Å². The number of halogens is 4. The Morgan fingerprint density at radius 3 is 2.43 bits per heavy atom. The fraction of sp³-hybridized carbons (Fsp3) is 0.533. The third kappa shape index (κ3) is 7.09. The third-order valence-electron chi connectivity index (χ3n) is 3.03. The van der Waals surface area contributed by atoms with Crippen molar-refractivity contribution in [2.75, 3.05) is 20.2 Å². The molecule has 0 radical (unpaired) electrons. The van der Waals surface area contributed by atoms with Gasteiger partial charge >= 0.3 is 6.18 Å². The first kappa shape index (κ1) is 21.5. The maximum Gasteiger partial charge on any atom is 0.419 e. The van der Waals surface area contributed by atoms with Crippen LogP contribution in [0.25, 0.3) is 0 Å². The Balaban J connectivity index is 0.00000484. The Labute approximate surface area is 140 Å². The van der Waals surface area contributed by atoms with Gasteiger partial charge in [-0.25, -0.2) is 0 Å². The smallest absolute Gasteiger partial charge is 0.419 e. The molecule has 1 amide bonds. The Morgan fingerprint density at radius 2 is 1.87 bits per heavy atom. The van der Waals surface area contributed by atoms with Crippen molar-refractivity contribution in [3.05, 3.63) is 29.8 Å². The molecule has 0 aromatic heterocycles. The van der Waals surface area contributed by atoms with Crippen LogP contribution in [-0.4, -0.2) is 32.1 Å². The molecule has 4 nitrogen and oxygen atoms in total. The number of alkyl halides is 3. The zero-order valence-electron chi connectivity index (χ0n) is 13.2. The molecular weight excluding hydrogens is 333 g/mol. The molecular formula is C15H22ClF3N2O2. The van der Waals surface area contributed by atoms with Gasteiger partial charge in [-0.1, -0.05) is 19.1 Å². The van der Waals surface area contributed by atoms with Gasteiger partial charge < -0.3 is 15.4 Å². The Morgan fingerprint density at radius 1 is 1.26 bits per heavy atom. The summed E-state index contributed by atoms with van der Waals surface area (Å²) in [6.07, 6.45) is -4.47. The van der Waals surface area contributed by atoms with Crippen molar-refractivity contribution in [2.24, 2.45) is 5.92 Å². The van der Waals surface area contributed by atoms with E-state index in [1.807, 2.05) is 0 Å². The molecule has 0 fully saturated rings. The highest BCUT2D eigenvalue weighted by atomic mass is 35.5. The standard InChI is InChI=1S/C15H21F3N2O2.ClH/c1-10(8-19-3)14(21)20-11(2)9-22-13-7-5-4-6-12(13)15(16,17)18;/h4-7,10-11,19H,8-9H2,1-3H3,(H,20,21);1H. The van der Waals surface area contributed by atoms with Crippen LogP contribution < -0.4 is 15.4 Å². The first-order valence-electron chi connectivity index (χ1n) is 6.99. The monoisotopic (exact) mass is 354 g/mol. The molecule has 0 saturated carbocycles. The lowest BCUT2D eigenvalue weighted by atomic mass is 10.1. The quantitative estimate of drug-likeness (QED) is 0.791. The average molecular weight is 355 g/mol. The molecule has 0 saturated heterocycles. The Hall–Kier alpha value is -1.47. The second-order valence-electron chi connectivity index (χ2n) is 5.17. The molecule has 0 aliphatic rings. The summed E-state index contributed by atoms with van der Waals surface area (Å²) in [5.41, 5.74) is -0.822. The first-order chi connectivity index (χ1) is 10.3. The molecule has 23 heavy (non-hydrogen) atoms. The molecule has 132 valence electrons. The zero-order chi connectivity index (χ0) is 16.8. The van der Waals surface area contributed by atoms with E-state index in [1.165, 1.54) is 18.2 Å². The number of ether oxygens (including phenoxy) is 1. The average Bonchev–Trinajstić information content (AvgIpc) is 2.44. The molecule has 0 spiro atoms. The molecule has 0 heterocycles. The van der Waals surface area contributed by atoms with Crippen LogP contribution in [-0.2, 0) is 11.0 Å². The molecule has 0 aliphatic carbocycles. The third-order valence-corrected chi connectivity index (χ3v) is 3.03. The van der Waals surface area contributed by atoms with E-state index < -0.39 is 17.8 Å². The number of carbonyl (C=O) groups is 1. The Bertz CT molecular complexity index is 498. The molecule has 8 heteroatoms. The molecule has 0 aliphatic heterocycles. The fourth-order valence-electron chi connectivity index (χ4n) is 1.87. The lowest BCUT2D eigenvalue weighted by Gasteiger charge is -2.19. The maximum absolute atomic E-state index is 12.8. The van der Waals surface area contributed by atoms with Crippen LogP contribution in [0.3, 0.4) is 0 Å². The normalized spacial score (nSPS) is 13.7. The van der Waals surface area contributed by atoms with Gasteiger partial charge in [-0.15, -0.1) is 12.4 Å². The molecule has 0 bridgehead atoms. The fourth-order valence-corrected chi connectivity index (χ4v) is 1.87. The van der Waals surface area contributed by atoms with Gasteiger partial charge in [0.1, 0.15) is 12.4 Å². The molecule has 2 atom stereocenters. The highest BCUT2D eigenvalue weighted by molar-refractivity contribution is 5.85.